The molecule has 14 heavy (non-hydrogen) atoms. The lowest BCUT2D eigenvalue weighted by molar-refractivity contribution is 0.164. The zero-order valence-corrected chi connectivity index (χ0v) is 10.6. The molecule has 2 atom stereocenters. The van der Waals surface area contributed by atoms with E-state index in [4.69, 9.17) is 0 Å². The highest BCUT2D eigenvalue weighted by Gasteiger charge is 2.21. The third-order valence-electron chi connectivity index (χ3n) is 3.13. The number of nitrogens with zero attached hydrogens (tertiary/aromatic N) is 1. The van der Waals surface area contributed by atoms with Gasteiger partial charge in [-0.25, -0.2) is 0 Å². The molecule has 0 aliphatic heterocycles. The molecule has 0 amide bonds. The van der Waals surface area contributed by atoms with Crippen molar-refractivity contribution in [1.29, 1.82) is 0 Å². The van der Waals surface area contributed by atoms with Crippen molar-refractivity contribution in [2.24, 2.45) is 0 Å². The van der Waals surface area contributed by atoms with Crippen molar-refractivity contribution in [2.45, 2.75) is 59.0 Å². The fourth-order valence-electron chi connectivity index (χ4n) is 2.33. The largest absolute Gasteiger partial charge is 0.315 e. The molecule has 0 fully saturated rings. The minimum absolute atomic E-state index is 0.657. The van der Waals surface area contributed by atoms with Crippen molar-refractivity contribution >= 4 is 0 Å². The Morgan fingerprint density at radius 1 is 1.07 bits per heavy atom. The quantitative estimate of drug-likeness (QED) is 0.647. The van der Waals surface area contributed by atoms with Gasteiger partial charge in [0.1, 0.15) is 0 Å². The van der Waals surface area contributed by atoms with Crippen molar-refractivity contribution in [3.63, 3.8) is 0 Å². The fourth-order valence-corrected chi connectivity index (χ4v) is 2.33. The summed E-state index contributed by atoms with van der Waals surface area (Å²) in [5.74, 6) is 0. The molecule has 0 aromatic carbocycles. The summed E-state index contributed by atoms with van der Waals surface area (Å²) in [6.45, 7) is 11.4. The van der Waals surface area contributed by atoms with Gasteiger partial charge in [0, 0.05) is 12.1 Å². The highest BCUT2D eigenvalue weighted by Crippen LogP contribution is 2.12. The molecule has 0 aliphatic rings. The third kappa shape index (κ3) is 3.97. The lowest BCUT2D eigenvalue weighted by Crippen LogP contribution is -2.48. The number of nitrogens with one attached hydrogen (secondary N) is 1. The number of rotatable bonds is 8. The molecule has 0 heterocycles. The van der Waals surface area contributed by atoms with Crippen molar-refractivity contribution in [3.05, 3.63) is 0 Å². The van der Waals surface area contributed by atoms with Gasteiger partial charge in [0.15, 0.2) is 0 Å². The second-order valence-corrected chi connectivity index (χ2v) is 3.88. The lowest BCUT2D eigenvalue weighted by Gasteiger charge is -2.35. The second kappa shape index (κ2) is 8.25. The summed E-state index contributed by atoms with van der Waals surface area (Å²) < 4.78 is 0. The van der Waals surface area contributed by atoms with E-state index in [0.29, 0.717) is 12.1 Å². The topological polar surface area (TPSA) is 15.3 Å². The van der Waals surface area contributed by atoms with E-state index < -0.39 is 0 Å². The van der Waals surface area contributed by atoms with Gasteiger partial charge in [-0.3, -0.25) is 4.90 Å². The maximum atomic E-state index is 3.46. The molecule has 2 heteroatoms. The van der Waals surface area contributed by atoms with Crippen LogP contribution in [0.4, 0.5) is 0 Å². The minimum Gasteiger partial charge on any atom is -0.315 e. The fraction of sp³-hybridized carbons (Fsp3) is 1.00. The highest BCUT2D eigenvalue weighted by atomic mass is 15.2. The summed E-state index contributed by atoms with van der Waals surface area (Å²) in [6, 6.07) is 1.36. The second-order valence-electron chi connectivity index (χ2n) is 3.88. The molecule has 0 rings (SSSR count). The molecular weight excluding hydrogens is 172 g/mol. The normalized spacial score (nSPS) is 15.9. The Hall–Kier alpha value is -0.0800. The molecule has 0 spiro atoms. The van der Waals surface area contributed by atoms with Crippen LogP contribution >= 0.6 is 0 Å². The first kappa shape index (κ1) is 13.9. The van der Waals surface area contributed by atoms with Gasteiger partial charge in [0.2, 0.25) is 0 Å². The average molecular weight is 200 g/mol. The smallest absolute Gasteiger partial charge is 0.0246 e. The zero-order valence-electron chi connectivity index (χ0n) is 10.6. The van der Waals surface area contributed by atoms with Crippen LogP contribution in [0.5, 0.6) is 0 Å². The van der Waals surface area contributed by atoms with Crippen LogP contribution in [0, 0.1) is 0 Å². The monoisotopic (exact) mass is 200 g/mol. The van der Waals surface area contributed by atoms with E-state index >= 15 is 0 Å². The van der Waals surface area contributed by atoms with E-state index in [9.17, 15) is 0 Å². The first-order valence-electron chi connectivity index (χ1n) is 6.16. The van der Waals surface area contributed by atoms with Gasteiger partial charge in [-0.2, -0.15) is 0 Å². The molecule has 0 aliphatic carbocycles. The third-order valence-corrected chi connectivity index (χ3v) is 3.13. The van der Waals surface area contributed by atoms with E-state index in [-0.39, 0.29) is 0 Å². The molecule has 2 unspecified atom stereocenters. The highest BCUT2D eigenvalue weighted by molar-refractivity contribution is 4.81. The minimum atomic E-state index is 0.657. The van der Waals surface area contributed by atoms with Gasteiger partial charge < -0.3 is 5.32 Å². The zero-order chi connectivity index (χ0) is 11.0. The molecule has 0 aromatic heterocycles. The van der Waals surface area contributed by atoms with Gasteiger partial charge in [0.25, 0.3) is 0 Å². The summed E-state index contributed by atoms with van der Waals surface area (Å²) in [4.78, 5) is 2.57. The maximum Gasteiger partial charge on any atom is 0.0246 e. The van der Waals surface area contributed by atoms with Crippen LogP contribution in [0.15, 0.2) is 0 Å². The number of hydrogen-bond donors (Lipinski definition) is 1. The summed E-state index contributed by atoms with van der Waals surface area (Å²) in [5.41, 5.74) is 0. The molecule has 0 saturated carbocycles. The van der Waals surface area contributed by atoms with Crippen molar-refractivity contribution in [3.8, 4) is 0 Å². The Balaban J connectivity index is 4.31. The summed E-state index contributed by atoms with van der Waals surface area (Å²) >= 11 is 0. The summed E-state index contributed by atoms with van der Waals surface area (Å²) in [5, 5.41) is 3.46. The van der Waals surface area contributed by atoms with E-state index in [0.717, 1.165) is 13.1 Å². The molecule has 0 radical (unpaired) electrons. The van der Waals surface area contributed by atoms with Gasteiger partial charge >= 0.3 is 0 Å². The van der Waals surface area contributed by atoms with Crippen molar-refractivity contribution < 1.29 is 0 Å². The standard InChI is InChI=1S/C12H28N2/c1-6-10-11(13-5)12(7-2)14(8-3)9-4/h11-13H,6-10H2,1-5H3. The first-order chi connectivity index (χ1) is 6.74. The maximum absolute atomic E-state index is 3.46. The lowest BCUT2D eigenvalue weighted by atomic mass is 9.99. The molecule has 0 saturated heterocycles. The van der Waals surface area contributed by atoms with Crippen LogP contribution in [0.3, 0.4) is 0 Å². The molecule has 86 valence electrons. The van der Waals surface area contributed by atoms with Gasteiger partial charge in [0.05, 0.1) is 0 Å². The first-order valence-corrected chi connectivity index (χ1v) is 6.16. The van der Waals surface area contributed by atoms with Crippen LogP contribution in [0.2, 0.25) is 0 Å². The number of hydrogen-bond acceptors (Lipinski definition) is 2. The molecule has 1 N–H and O–H groups in total. The summed E-state index contributed by atoms with van der Waals surface area (Å²) in [6.07, 6.45) is 3.79. The van der Waals surface area contributed by atoms with Crippen molar-refractivity contribution in [1.82, 2.24) is 10.2 Å². The Labute approximate surface area is 90.1 Å². The van der Waals surface area contributed by atoms with Crippen molar-refractivity contribution in [2.75, 3.05) is 20.1 Å². The molecule has 0 bridgehead atoms. The van der Waals surface area contributed by atoms with E-state index in [1.165, 1.54) is 19.3 Å². The van der Waals surface area contributed by atoms with E-state index in [1.54, 1.807) is 0 Å². The Morgan fingerprint density at radius 2 is 1.64 bits per heavy atom. The Bertz CT molecular complexity index is 121. The molecule has 0 aromatic rings. The van der Waals surface area contributed by atoms with Gasteiger partial charge in [-0.05, 0) is 33.0 Å². The predicted octanol–water partition coefficient (Wildman–Crippen LogP) is 2.49. The van der Waals surface area contributed by atoms with Crippen LogP contribution in [0.1, 0.15) is 47.0 Å². The van der Waals surface area contributed by atoms with Gasteiger partial charge in [-0.1, -0.05) is 34.1 Å². The Kier molecular flexibility index (Phi) is 8.20. The summed E-state index contributed by atoms with van der Waals surface area (Å²) in [7, 11) is 2.09. The van der Waals surface area contributed by atoms with Crippen LogP contribution in [-0.4, -0.2) is 37.1 Å². The molecule has 2 nitrogen and oxygen atoms in total. The van der Waals surface area contributed by atoms with Crippen LogP contribution in [-0.2, 0) is 0 Å². The Morgan fingerprint density at radius 3 is 1.93 bits per heavy atom. The number of likely N-dealkylation sites (N-methyl/N-ethyl adjacent to an activating group) is 2. The van der Waals surface area contributed by atoms with E-state index in [2.05, 4.69) is 45.0 Å². The van der Waals surface area contributed by atoms with Crippen LogP contribution in [0.25, 0.3) is 0 Å². The predicted molar refractivity (Wildman–Crippen MR) is 64.8 cm³/mol. The average Bonchev–Trinajstić information content (AvgIpc) is 2.23. The van der Waals surface area contributed by atoms with E-state index in [1.807, 2.05) is 0 Å². The SMILES string of the molecule is CCCC(NC)C(CC)N(CC)CC. The van der Waals surface area contributed by atoms with Gasteiger partial charge in [-0.15, -0.1) is 0 Å². The molecular formula is C12H28N2. The van der Waals surface area contributed by atoms with Crippen LogP contribution < -0.4 is 5.32 Å².